The molecule has 1 aliphatic carbocycles. The summed E-state index contributed by atoms with van der Waals surface area (Å²) >= 11 is 0. The average molecular weight is 509 g/mol. The molecule has 1 aromatic heterocycles. The van der Waals surface area contributed by atoms with Gasteiger partial charge in [0.25, 0.3) is 0 Å². The molecule has 0 spiro atoms. The molecular formula is C26H41ClN4O4. The largest absolute Gasteiger partial charge is 0.480 e. The van der Waals surface area contributed by atoms with Gasteiger partial charge in [0.2, 0.25) is 11.8 Å². The van der Waals surface area contributed by atoms with Gasteiger partial charge in [-0.15, -0.1) is 12.4 Å². The number of carboxylic acids is 1. The Labute approximate surface area is 215 Å². The van der Waals surface area contributed by atoms with Crippen LogP contribution in [0.2, 0.25) is 0 Å². The number of halogens is 1. The molecule has 2 aliphatic rings. The van der Waals surface area contributed by atoms with Gasteiger partial charge in [0.15, 0.2) is 0 Å². The normalized spacial score (nSPS) is 21.5. The summed E-state index contributed by atoms with van der Waals surface area (Å²) in [5.41, 5.74) is 1.16. The van der Waals surface area contributed by atoms with E-state index >= 15 is 0 Å². The third-order valence-corrected chi connectivity index (χ3v) is 7.30. The minimum atomic E-state index is -0.961. The highest BCUT2D eigenvalue weighted by atomic mass is 35.5. The quantitative estimate of drug-likeness (QED) is 0.390. The number of unbranched alkanes of at least 4 members (excludes halogenated alkanes) is 2. The zero-order valence-electron chi connectivity index (χ0n) is 20.8. The molecule has 35 heavy (non-hydrogen) atoms. The summed E-state index contributed by atoms with van der Waals surface area (Å²) in [7, 11) is 0. The molecule has 1 unspecified atom stereocenters. The molecule has 3 rings (SSSR count). The van der Waals surface area contributed by atoms with Crippen LogP contribution in [0, 0.1) is 11.8 Å². The van der Waals surface area contributed by atoms with E-state index in [0.29, 0.717) is 12.8 Å². The van der Waals surface area contributed by atoms with Crippen molar-refractivity contribution in [3.63, 3.8) is 0 Å². The van der Waals surface area contributed by atoms with Crippen molar-refractivity contribution in [2.45, 2.75) is 89.6 Å². The molecule has 0 bridgehead atoms. The lowest BCUT2D eigenvalue weighted by Gasteiger charge is -2.35. The SMILES string of the molecule is CCCCCC(=O)NC(C[C@H]1CC[C@H](NC(=O)C2CCN(c3ccncc3)CC2)CC1)C(=O)O.Cl. The van der Waals surface area contributed by atoms with Gasteiger partial charge in [0, 0.05) is 49.6 Å². The van der Waals surface area contributed by atoms with Crippen LogP contribution in [0.3, 0.4) is 0 Å². The summed E-state index contributed by atoms with van der Waals surface area (Å²) in [6.45, 7) is 3.81. The molecule has 0 radical (unpaired) electrons. The van der Waals surface area contributed by atoms with E-state index in [1.807, 2.05) is 12.1 Å². The Morgan fingerprint density at radius 3 is 2.31 bits per heavy atom. The molecule has 8 nitrogen and oxygen atoms in total. The number of carbonyl (C=O) groups is 3. The van der Waals surface area contributed by atoms with Gasteiger partial charge in [-0.05, 0) is 69.4 Å². The van der Waals surface area contributed by atoms with E-state index in [1.54, 1.807) is 12.4 Å². The molecule has 1 aliphatic heterocycles. The summed E-state index contributed by atoms with van der Waals surface area (Å²) in [6.07, 6.45) is 12.4. The molecule has 196 valence electrons. The number of nitrogens with zero attached hydrogens (tertiary/aromatic N) is 2. The van der Waals surface area contributed by atoms with Gasteiger partial charge in [0.05, 0.1) is 0 Å². The van der Waals surface area contributed by atoms with Crippen molar-refractivity contribution in [1.82, 2.24) is 15.6 Å². The van der Waals surface area contributed by atoms with Crippen molar-refractivity contribution < 1.29 is 19.5 Å². The Morgan fingerprint density at radius 2 is 1.71 bits per heavy atom. The highest BCUT2D eigenvalue weighted by Crippen LogP contribution is 2.29. The number of carbonyl (C=O) groups excluding carboxylic acids is 2. The first kappa shape index (κ1) is 28.9. The Morgan fingerprint density at radius 1 is 1.06 bits per heavy atom. The van der Waals surface area contributed by atoms with Gasteiger partial charge >= 0.3 is 5.97 Å². The van der Waals surface area contributed by atoms with Gasteiger partial charge in [0.1, 0.15) is 6.04 Å². The van der Waals surface area contributed by atoms with Crippen molar-refractivity contribution in [3.05, 3.63) is 24.5 Å². The number of amides is 2. The molecule has 3 N–H and O–H groups in total. The number of rotatable bonds is 11. The Kier molecular flexibility index (Phi) is 12.3. The van der Waals surface area contributed by atoms with Crippen molar-refractivity contribution >= 4 is 35.9 Å². The zero-order chi connectivity index (χ0) is 24.3. The van der Waals surface area contributed by atoms with Crippen LogP contribution in [-0.4, -0.2) is 53.0 Å². The Balaban J connectivity index is 0.00000432. The topological polar surface area (TPSA) is 112 Å². The standard InChI is InChI=1S/C26H40N4O4.ClH/c1-2-3-4-5-24(31)29-23(26(33)34)18-19-6-8-21(9-7-19)28-25(32)20-12-16-30(17-13-20)22-10-14-27-15-11-22;/h10-11,14-15,19-21,23H,2-9,12-13,16-18H2,1H3,(H,28,32)(H,29,31)(H,33,34);1H/t19-,21-,23?;. The van der Waals surface area contributed by atoms with Gasteiger partial charge in [-0.3, -0.25) is 14.6 Å². The van der Waals surface area contributed by atoms with E-state index < -0.39 is 12.0 Å². The van der Waals surface area contributed by atoms with E-state index in [0.717, 1.165) is 76.6 Å². The fourth-order valence-corrected chi connectivity index (χ4v) is 5.17. The van der Waals surface area contributed by atoms with Gasteiger partial charge < -0.3 is 20.6 Å². The van der Waals surface area contributed by atoms with Gasteiger partial charge in [-0.1, -0.05) is 19.8 Å². The second-order valence-corrected chi connectivity index (χ2v) is 9.84. The third kappa shape index (κ3) is 9.32. The molecule has 1 atom stereocenters. The highest BCUT2D eigenvalue weighted by molar-refractivity contribution is 5.85. The number of pyridine rings is 1. The summed E-state index contributed by atoms with van der Waals surface area (Å²) in [4.78, 5) is 42.9. The first-order chi connectivity index (χ1) is 16.5. The number of aromatic nitrogens is 1. The number of carboxylic acid groups (broad SMARTS) is 1. The van der Waals surface area contributed by atoms with E-state index in [9.17, 15) is 19.5 Å². The zero-order valence-corrected chi connectivity index (χ0v) is 21.6. The first-order valence-corrected chi connectivity index (χ1v) is 12.9. The van der Waals surface area contributed by atoms with Crippen LogP contribution in [0.25, 0.3) is 0 Å². The third-order valence-electron chi connectivity index (χ3n) is 7.30. The van der Waals surface area contributed by atoms with Gasteiger partial charge in [-0.25, -0.2) is 4.79 Å². The van der Waals surface area contributed by atoms with Crippen LogP contribution < -0.4 is 15.5 Å². The molecule has 2 fully saturated rings. The first-order valence-electron chi connectivity index (χ1n) is 12.9. The number of aliphatic carboxylic acids is 1. The van der Waals surface area contributed by atoms with Crippen LogP contribution in [0.15, 0.2) is 24.5 Å². The molecule has 1 saturated heterocycles. The number of piperidine rings is 1. The molecule has 2 heterocycles. The van der Waals surface area contributed by atoms with E-state index in [4.69, 9.17) is 0 Å². The maximum Gasteiger partial charge on any atom is 0.326 e. The predicted octanol–water partition coefficient (Wildman–Crippen LogP) is 3.93. The molecular weight excluding hydrogens is 468 g/mol. The van der Waals surface area contributed by atoms with Crippen molar-refractivity contribution in [2.24, 2.45) is 11.8 Å². The lowest BCUT2D eigenvalue weighted by atomic mass is 9.82. The fourth-order valence-electron chi connectivity index (χ4n) is 5.17. The van der Waals surface area contributed by atoms with Crippen LogP contribution in [0.1, 0.15) is 77.6 Å². The number of hydrogen-bond acceptors (Lipinski definition) is 5. The van der Waals surface area contributed by atoms with Crippen LogP contribution >= 0.6 is 12.4 Å². The second kappa shape index (κ2) is 14.9. The van der Waals surface area contributed by atoms with Crippen LogP contribution in [0.4, 0.5) is 5.69 Å². The van der Waals surface area contributed by atoms with Crippen molar-refractivity contribution in [3.8, 4) is 0 Å². The Hall–Kier alpha value is -2.35. The smallest absolute Gasteiger partial charge is 0.326 e. The molecule has 9 heteroatoms. The van der Waals surface area contributed by atoms with Crippen molar-refractivity contribution in [1.29, 1.82) is 0 Å². The predicted molar refractivity (Wildman–Crippen MR) is 139 cm³/mol. The van der Waals surface area contributed by atoms with E-state index in [-0.39, 0.29) is 42.1 Å². The lowest BCUT2D eigenvalue weighted by molar-refractivity contribution is -0.142. The summed E-state index contributed by atoms with van der Waals surface area (Å²) in [6, 6.07) is 3.35. The summed E-state index contributed by atoms with van der Waals surface area (Å²) < 4.78 is 0. The van der Waals surface area contributed by atoms with Crippen LogP contribution in [0.5, 0.6) is 0 Å². The van der Waals surface area contributed by atoms with Crippen LogP contribution in [-0.2, 0) is 14.4 Å². The second-order valence-electron chi connectivity index (χ2n) is 9.84. The fraction of sp³-hybridized carbons (Fsp3) is 0.692. The van der Waals surface area contributed by atoms with Gasteiger partial charge in [-0.2, -0.15) is 0 Å². The van der Waals surface area contributed by atoms with Crippen molar-refractivity contribution in [2.75, 3.05) is 18.0 Å². The van der Waals surface area contributed by atoms with E-state index in [2.05, 4.69) is 27.4 Å². The molecule has 2 amide bonds. The minimum Gasteiger partial charge on any atom is -0.480 e. The molecule has 1 aromatic rings. The number of anilines is 1. The molecule has 1 saturated carbocycles. The minimum absolute atomic E-state index is 0. The summed E-state index contributed by atoms with van der Waals surface area (Å²) in [5, 5.41) is 15.5. The lowest BCUT2D eigenvalue weighted by Crippen LogP contribution is -2.46. The monoisotopic (exact) mass is 508 g/mol. The maximum absolute atomic E-state index is 12.8. The number of hydrogen-bond donors (Lipinski definition) is 3. The number of nitrogens with one attached hydrogen (secondary N) is 2. The summed E-state index contributed by atoms with van der Waals surface area (Å²) in [5.74, 6) is -0.668. The van der Waals surface area contributed by atoms with E-state index in [1.165, 1.54) is 0 Å². The Bertz CT molecular complexity index is 794. The highest BCUT2D eigenvalue weighted by Gasteiger charge is 2.31. The average Bonchev–Trinajstić information content (AvgIpc) is 2.85. The molecule has 0 aromatic carbocycles. The maximum atomic E-state index is 12.8.